The molecule has 0 saturated carbocycles. The number of rotatable bonds is 8. The van der Waals surface area contributed by atoms with Crippen LogP contribution in [0.5, 0.6) is 0 Å². The first kappa shape index (κ1) is 21.8. The molecule has 0 atom stereocenters. The fourth-order valence-corrected chi connectivity index (χ4v) is 3.48. The Kier molecular flexibility index (Phi) is 10.2. The first-order valence-corrected chi connectivity index (χ1v) is 10.2. The summed E-state index contributed by atoms with van der Waals surface area (Å²) in [5, 5.41) is 12.9. The van der Waals surface area contributed by atoms with Crippen LogP contribution in [0.1, 0.15) is 61.6 Å². The smallest absolute Gasteiger partial charge is 0.122 e. The minimum Gasteiger partial charge on any atom is -0.467 e. The summed E-state index contributed by atoms with van der Waals surface area (Å²) in [5.41, 5.74) is 2.92. The van der Waals surface area contributed by atoms with Crippen LogP contribution < -0.4 is 5.32 Å². The van der Waals surface area contributed by atoms with Crippen molar-refractivity contribution < 1.29 is 4.42 Å². The third-order valence-electron chi connectivity index (χ3n) is 3.68. The summed E-state index contributed by atoms with van der Waals surface area (Å²) in [4.78, 5) is 2.54. The van der Waals surface area contributed by atoms with Gasteiger partial charge in [-0.2, -0.15) is 5.26 Å². The van der Waals surface area contributed by atoms with Crippen LogP contribution >= 0.6 is 11.3 Å². The molecular weight excluding hydrogens is 340 g/mol. The predicted molar refractivity (Wildman–Crippen MR) is 112 cm³/mol. The summed E-state index contributed by atoms with van der Waals surface area (Å²) < 4.78 is 5.41. The second-order valence-corrected chi connectivity index (χ2v) is 6.77. The normalized spacial score (nSPS) is 11.5. The number of aryl methyl sites for hydroxylation is 2. The zero-order valence-corrected chi connectivity index (χ0v) is 17.4. The van der Waals surface area contributed by atoms with Gasteiger partial charge in [0.2, 0.25) is 0 Å². The molecule has 0 radical (unpaired) electrons. The molecule has 0 bridgehead atoms. The molecule has 0 spiro atoms. The number of hydrogen-bond acceptors (Lipinski definition) is 4. The van der Waals surface area contributed by atoms with E-state index in [2.05, 4.69) is 38.2 Å². The fourth-order valence-electron chi connectivity index (χ4n) is 2.37. The summed E-state index contributed by atoms with van der Waals surface area (Å²) >= 11 is 1.78. The lowest BCUT2D eigenvalue weighted by Crippen LogP contribution is -2.11. The number of unbranched alkanes of at least 4 members (excludes halogenated alkanes) is 1. The molecule has 26 heavy (non-hydrogen) atoms. The van der Waals surface area contributed by atoms with Gasteiger partial charge in [0.25, 0.3) is 0 Å². The van der Waals surface area contributed by atoms with Gasteiger partial charge in [0, 0.05) is 4.88 Å². The highest BCUT2D eigenvalue weighted by Gasteiger charge is 2.11. The molecule has 2 heterocycles. The van der Waals surface area contributed by atoms with Crippen LogP contribution in [0.2, 0.25) is 0 Å². The minimum absolute atomic E-state index is 0.601. The van der Waals surface area contributed by atoms with E-state index in [1.165, 1.54) is 15.3 Å². The third-order valence-corrected chi connectivity index (χ3v) is 5.09. The summed E-state index contributed by atoms with van der Waals surface area (Å²) in [6.45, 7) is 11.0. The number of furan rings is 1. The van der Waals surface area contributed by atoms with Crippen molar-refractivity contribution in [3.63, 3.8) is 0 Å². The second kappa shape index (κ2) is 12.2. The van der Waals surface area contributed by atoms with Crippen molar-refractivity contribution in [3.8, 4) is 6.07 Å². The molecule has 4 heteroatoms. The van der Waals surface area contributed by atoms with Gasteiger partial charge in [-0.3, -0.25) is 0 Å². The van der Waals surface area contributed by atoms with Gasteiger partial charge in [-0.15, -0.1) is 11.3 Å². The highest BCUT2D eigenvalue weighted by molar-refractivity contribution is 7.13. The van der Waals surface area contributed by atoms with E-state index in [4.69, 9.17) is 4.42 Å². The highest BCUT2D eigenvalue weighted by atomic mass is 32.1. The molecule has 2 aromatic heterocycles. The zero-order valence-electron chi connectivity index (χ0n) is 16.6. The SMILES string of the molecule is CC.CCC/C=C(C#N)/C=C(/NCc1ccco1)c1sc(CC)cc1C. The zero-order chi connectivity index (χ0) is 19.4. The largest absolute Gasteiger partial charge is 0.467 e. The predicted octanol–water partition coefficient (Wildman–Crippen LogP) is 6.62. The van der Waals surface area contributed by atoms with Crippen molar-refractivity contribution >= 4 is 17.0 Å². The lowest BCUT2D eigenvalue weighted by molar-refractivity contribution is 0.501. The quantitative estimate of drug-likeness (QED) is 0.419. The van der Waals surface area contributed by atoms with Crippen LogP contribution in [0, 0.1) is 18.3 Å². The van der Waals surface area contributed by atoms with Crippen LogP contribution in [-0.4, -0.2) is 0 Å². The molecule has 140 valence electrons. The molecule has 0 aliphatic carbocycles. The third kappa shape index (κ3) is 6.57. The first-order chi connectivity index (χ1) is 12.7. The number of hydrogen-bond donors (Lipinski definition) is 1. The molecule has 0 fully saturated rings. The topological polar surface area (TPSA) is 49.0 Å². The summed E-state index contributed by atoms with van der Waals surface area (Å²) in [6.07, 6.45) is 8.59. The van der Waals surface area contributed by atoms with Crippen LogP contribution in [0.3, 0.4) is 0 Å². The average Bonchev–Trinajstić information content (AvgIpc) is 3.32. The summed E-state index contributed by atoms with van der Waals surface area (Å²) in [6, 6.07) is 8.35. The Balaban J connectivity index is 0.00000163. The molecule has 1 N–H and O–H groups in total. The van der Waals surface area contributed by atoms with Gasteiger partial charge in [-0.25, -0.2) is 0 Å². The van der Waals surface area contributed by atoms with Gasteiger partial charge in [0.1, 0.15) is 5.76 Å². The van der Waals surface area contributed by atoms with Crippen molar-refractivity contribution in [2.45, 2.75) is 60.4 Å². The molecule has 0 amide bonds. The van der Waals surface area contributed by atoms with E-state index in [0.717, 1.165) is 30.7 Å². The van der Waals surface area contributed by atoms with Gasteiger partial charge in [-0.1, -0.05) is 40.2 Å². The molecule has 0 aromatic carbocycles. The van der Waals surface area contributed by atoms with Gasteiger partial charge in [0.15, 0.2) is 0 Å². The van der Waals surface area contributed by atoms with E-state index in [1.807, 2.05) is 38.1 Å². The van der Waals surface area contributed by atoms with Crippen molar-refractivity contribution in [1.82, 2.24) is 5.32 Å². The van der Waals surface area contributed by atoms with Crippen molar-refractivity contribution in [2.75, 3.05) is 0 Å². The number of nitrogens with one attached hydrogen (secondary N) is 1. The number of nitrogens with zero attached hydrogens (tertiary/aromatic N) is 1. The maximum atomic E-state index is 9.42. The Labute approximate surface area is 162 Å². The van der Waals surface area contributed by atoms with E-state index >= 15 is 0 Å². The van der Waals surface area contributed by atoms with E-state index in [1.54, 1.807) is 17.6 Å². The molecule has 0 aliphatic rings. The first-order valence-electron chi connectivity index (χ1n) is 9.35. The molecule has 0 saturated heterocycles. The van der Waals surface area contributed by atoms with Gasteiger partial charge in [0.05, 0.1) is 35.0 Å². The Morgan fingerprint density at radius 1 is 1.35 bits per heavy atom. The van der Waals surface area contributed by atoms with Crippen LogP contribution in [0.25, 0.3) is 5.70 Å². The molecule has 3 nitrogen and oxygen atoms in total. The Bertz CT molecular complexity index is 746. The second-order valence-electron chi connectivity index (χ2n) is 5.63. The lowest BCUT2D eigenvalue weighted by atomic mass is 10.1. The summed E-state index contributed by atoms with van der Waals surface area (Å²) in [7, 11) is 0. The summed E-state index contributed by atoms with van der Waals surface area (Å²) in [5.74, 6) is 0.877. The molecule has 2 rings (SSSR count). The number of allylic oxidation sites excluding steroid dienone is 3. The molecule has 2 aromatic rings. The fraction of sp³-hybridized carbons (Fsp3) is 0.409. The number of thiophene rings is 1. The van der Waals surface area contributed by atoms with Gasteiger partial charge < -0.3 is 9.73 Å². The van der Waals surface area contributed by atoms with Crippen molar-refractivity contribution in [3.05, 3.63) is 63.3 Å². The van der Waals surface area contributed by atoms with Gasteiger partial charge >= 0.3 is 0 Å². The maximum absolute atomic E-state index is 9.42. The molecule has 0 aliphatic heterocycles. The Morgan fingerprint density at radius 3 is 2.65 bits per heavy atom. The Morgan fingerprint density at radius 2 is 2.12 bits per heavy atom. The van der Waals surface area contributed by atoms with Crippen molar-refractivity contribution in [2.24, 2.45) is 0 Å². The maximum Gasteiger partial charge on any atom is 0.122 e. The van der Waals surface area contributed by atoms with Crippen LogP contribution in [-0.2, 0) is 13.0 Å². The minimum atomic E-state index is 0.601. The van der Waals surface area contributed by atoms with E-state index < -0.39 is 0 Å². The molecule has 0 unspecified atom stereocenters. The Hall–Kier alpha value is -2.25. The standard InChI is InChI=1S/C20H24N2OS.C2H6/c1-4-6-8-16(13-21)12-19(22-14-17-9-7-10-23-17)20-15(3)11-18(5-2)24-20;1-2/h7-12,22H,4-6,14H2,1-3H3;1-2H3/b16-8-,19-12+;. The monoisotopic (exact) mass is 370 g/mol. The van der Waals surface area contributed by atoms with E-state index in [-0.39, 0.29) is 0 Å². The van der Waals surface area contributed by atoms with E-state index in [9.17, 15) is 5.26 Å². The van der Waals surface area contributed by atoms with E-state index in [0.29, 0.717) is 12.1 Å². The van der Waals surface area contributed by atoms with Crippen LogP contribution in [0.15, 0.2) is 46.6 Å². The lowest BCUT2D eigenvalue weighted by Gasteiger charge is -2.10. The highest BCUT2D eigenvalue weighted by Crippen LogP contribution is 2.29. The molecular formula is C22H30N2OS. The van der Waals surface area contributed by atoms with Crippen molar-refractivity contribution in [1.29, 1.82) is 5.26 Å². The van der Waals surface area contributed by atoms with Gasteiger partial charge in [-0.05, 0) is 49.6 Å². The average molecular weight is 371 g/mol. The number of nitriles is 1. The van der Waals surface area contributed by atoms with Crippen LogP contribution in [0.4, 0.5) is 0 Å².